The van der Waals surface area contributed by atoms with Crippen molar-refractivity contribution in [2.75, 3.05) is 6.54 Å². The molecular formula is C19H21ClN4O3S. The summed E-state index contributed by atoms with van der Waals surface area (Å²) in [5.41, 5.74) is 1.05. The molecule has 0 saturated carbocycles. The molecule has 0 spiro atoms. The molecular weight excluding hydrogens is 400 g/mol. The molecule has 0 bridgehead atoms. The number of aromatic nitrogens is 3. The fourth-order valence-electron chi connectivity index (χ4n) is 3.44. The Hall–Kier alpha value is -2.16. The van der Waals surface area contributed by atoms with E-state index in [-0.39, 0.29) is 5.03 Å². The second-order valence-corrected chi connectivity index (χ2v) is 9.25. The quantitative estimate of drug-likeness (QED) is 0.630. The minimum Gasteiger partial charge on any atom is -0.444 e. The molecule has 4 rings (SSSR count). The number of nitrogens with zero attached hydrogens (tertiary/aromatic N) is 4. The zero-order valence-electron chi connectivity index (χ0n) is 15.5. The summed E-state index contributed by atoms with van der Waals surface area (Å²) in [6, 6.07) is 7.11. The van der Waals surface area contributed by atoms with E-state index in [1.165, 1.54) is 16.8 Å². The average Bonchev–Trinajstić information content (AvgIpc) is 3.33. The van der Waals surface area contributed by atoms with Crippen LogP contribution in [0.1, 0.15) is 42.5 Å². The number of benzene rings is 1. The number of halogens is 1. The number of hydrogen-bond donors (Lipinski definition) is 0. The predicted molar refractivity (Wildman–Crippen MR) is 104 cm³/mol. The Bertz CT molecular complexity index is 1060. The van der Waals surface area contributed by atoms with E-state index in [4.69, 9.17) is 16.0 Å². The van der Waals surface area contributed by atoms with Gasteiger partial charge in [0.1, 0.15) is 11.8 Å². The first kappa shape index (κ1) is 19.2. The van der Waals surface area contributed by atoms with E-state index in [9.17, 15) is 8.42 Å². The standard InChI is InChI=1S/C19H21ClN4O3S/c1-23-12-18(22-13-23)28(25,26)24-9-3-2-4-17(24)19-21-11-16(27-19)10-14-5-7-15(20)8-6-14/h5-8,11-13,17H,2-4,9-10H2,1H3/t17-/m1/s1. The van der Waals surface area contributed by atoms with Crippen molar-refractivity contribution >= 4 is 21.6 Å². The van der Waals surface area contributed by atoms with Crippen LogP contribution in [0.25, 0.3) is 0 Å². The van der Waals surface area contributed by atoms with Crippen LogP contribution in [0.4, 0.5) is 0 Å². The highest BCUT2D eigenvalue weighted by atomic mass is 35.5. The smallest absolute Gasteiger partial charge is 0.262 e. The number of hydrogen-bond acceptors (Lipinski definition) is 5. The van der Waals surface area contributed by atoms with Gasteiger partial charge in [-0.15, -0.1) is 0 Å². The number of aryl methyl sites for hydroxylation is 1. The third kappa shape index (κ3) is 3.85. The highest BCUT2D eigenvalue weighted by Crippen LogP contribution is 2.35. The van der Waals surface area contributed by atoms with Crippen molar-refractivity contribution < 1.29 is 12.8 Å². The van der Waals surface area contributed by atoms with Crippen LogP contribution in [0, 0.1) is 0 Å². The molecule has 1 aliphatic heterocycles. The van der Waals surface area contributed by atoms with Crippen molar-refractivity contribution in [3.63, 3.8) is 0 Å². The van der Waals surface area contributed by atoms with Crippen molar-refractivity contribution in [1.29, 1.82) is 0 Å². The van der Waals surface area contributed by atoms with Gasteiger partial charge in [0.25, 0.3) is 10.0 Å². The van der Waals surface area contributed by atoms with Crippen molar-refractivity contribution in [1.82, 2.24) is 18.8 Å². The van der Waals surface area contributed by atoms with Crippen LogP contribution in [-0.4, -0.2) is 33.8 Å². The van der Waals surface area contributed by atoms with Crippen LogP contribution < -0.4 is 0 Å². The summed E-state index contributed by atoms with van der Waals surface area (Å²) in [5, 5.41) is 0.731. The second-order valence-electron chi connectivity index (χ2n) is 6.97. The van der Waals surface area contributed by atoms with Crippen LogP contribution in [0.2, 0.25) is 5.02 Å². The molecule has 0 aliphatic carbocycles. The number of rotatable bonds is 5. The summed E-state index contributed by atoms with van der Waals surface area (Å²) in [5.74, 6) is 1.13. The molecule has 2 aromatic heterocycles. The maximum Gasteiger partial charge on any atom is 0.262 e. The molecule has 148 valence electrons. The van der Waals surface area contributed by atoms with Gasteiger partial charge >= 0.3 is 0 Å². The molecule has 1 aliphatic rings. The van der Waals surface area contributed by atoms with Crippen LogP contribution in [0.15, 0.2) is 52.4 Å². The van der Waals surface area contributed by atoms with E-state index in [0.717, 1.165) is 18.4 Å². The zero-order valence-corrected chi connectivity index (χ0v) is 17.0. The number of imidazole rings is 1. The molecule has 1 fully saturated rings. The lowest BCUT2D eigenvalue weighted by atomic mass is 10.1. The van der Waals surface area contributed by atoms with Gasteiger partial charge in [0.15, 0.2) is 5.03 Å². The summed E-state index contributed by atoms with van der Waals surface area (Å²) in [7, 11) is -1.96. The Kier molecular flexibility index (Phi) is 5.27. The van der Waals surface area contributed by atoms with Gasteiger partial charge in [0.2, 0.25) is 5.89 Å². The molecule has 9 heteroatoms. The van der Waals surface area contributed by atoms with Gasteiger partial charge in [-0.2, -0.15) is 4.31 Å². The maximum atomic E-state index is 13.1. The monoisotopic (exact) mass is 420 g/mol. The maximum absolute atomic E-state index is 13.1. The van der Waals surface area contributed by atoms with Gasteiger partial charge in [0, 0.05) is 31.2 Å². The van der Waals surface area contributed by atoms with Crippen molar-refractivity contribution in [3.8, 4) is 0 Å². The van der Waals surface area contributed by atoms with Gasteiger partial charge in [-0.25, -0.2) is 18.4 Å². The topological polar surface area (TPSA) is 81.2 Å². The molecule has 3 heterocycles. The van der Waals surface area contributed by atoms with Crippen LogP contribution in [-0.2, 0) is 23.5 Å². The second kappa shape index (κ2) is 7.69. The molecule has 0 unspecified atom stereocenters. The highest BCUT2D eigenvalue weighted by molar-refractivity contribution is 7.89. The Balaban J connectivity index is 1.58. The largest absolute Gasteiger partial charge is 0.444 e. The first-order valence-corrected chi connectivity index (χ1v) is 10.9. The lowest BCUT2D eigenvalue weighted by Gasteiger charge is -2.31. The average molecular weight is 421 g/mol. The van der Waals surface area contributed by atoms with Crippen molar-refractivity contribution in [2.24, 2.45) is 7.05 Å². The van der Waals surface area contributed by atoms with Gasteiger partial charge in [-0.05, 0) is 30.5 Å². The summed E-state index contributed by atoms with van der Waals surface area (Å²) in [6.07, 6.45) is 7.65. The summed E-state index contributed by atoms with van der Waals surface area (Å²) >= 11 is 5.93. The summed E-state index contributed by atoms with van der Waals surface area (Å²) in [4.78, 5) is 8.42. The fraction of sp³-hybridized carbons (Fsp3) is 0.368. The SMILES string of the molecule is Cn1cnc(S(=O)(=O)N2CCCC[C@@H]2c2ncc(Cc3ccc(Cl)cc3)o2)c1. The lowest BCUT2D eigenvalue weighted by Crippen LogP contribution is -2.38. The normalized spacial score (nSPS) is 18.4. The Labute approximate surface area is 169 Å². The first-order chi connectivity index (χ1) is 13.4. The predicted octanol–water partition coefficient (Wildman–Crippen LogP) is 3.57. The minimum atomic E-state index is -3.71. The third-order valence-corrected chi connectivity index (χ3v) is 6.90. The molecule has 1 aromatic carbocycles. The molecule has 7 nitrogen and oxygen atoms in total. The molecule has 1 atom stereocenters. The van der Waals surface area contributed by atoms with E-state index in [0.29, 0.717) is 36.1 Å². The van der Waals surface area contributed by atoms with E-state index in [1.54, 1.807) is 17.8 Å². The van der Waals surface area contributed by atoms with Gasteiger partial charge in [-0.1, -0.05) is 30.2 Å². The van der Waals surface area contributed by atoms with Gasteiger partial charge in [0.05, 0.1) is 12.5 Å². The van der Waals surface area contributed by atoms with Crippen molar-refractivity contribution in [3.05, 3.63) is 65.2 Å². The highest BCUT2D eigenvalue weighted by Gasteiger charge is 2.38. The number of oxazole rings is 1. The van der Waals surface area contributed by atoms with Crippen LogP contribution in [0.3, 0.4) is 0 Å². The Morgan fingerprint density at radius 2 is 2.00 bits per heavy atom. The fourth-order valence-corrected chi connectivity index (χ4v) is 5.19. The zero-order chi connectivity index (χ0) is 19.7. The molecule has 0 radical (unpaired) electrons. The van der Waals surface area contributed by atoms with E-state index in [2.05, 4.69) is 9.97 Å². The molecule has 28 heavy (non-hydrogen) atoms. The number of sulfonamides is 1. The first-order valence-electron chi connectivity index (χ1n) is 9.12. The lowest BCUT2D eigenvalue weighted by molar-refractivity contribution is 0.216. The van der Waals surface area contributed by atoms with Crippen LogP contribution in [0.5, 0.6) is 0 Å². The van der Waals surface area contributed by atoms with Gasteiger partial charge in [-0.3, -0.25) is 0 Å². The third-order valence-electron chi connectivity index (χ3n) is 4.86. The van der Waals surface area contributed by atoms with Gasteiger partial charge < -0.3 is 8.98 Å². The van der Waals surface area contributed by atoms with E-state index < -0.39 is 16.1 Å². The number of piperidine rings is 1. The van der Waals surface area contributed by atoms with E-state index in [1.807, 2.05) is 24.3 Å². The van der Waals surface area contributed by atoms with Crippen molar-refractivity contribution in [2.45, 2.75) is 36.8 Å². The molecule has 0 N–H and O–H groups in total. The molecule has 0 amide bonds. The van der Waals surface area contributed by atoms with Crippen LogP contribution >= 0.6 is 11.6 Å². The molecule has 1 saturated heterocycles. The summed E-state index contributed by atoms with van der Waals surface area (Å²) < 4.78 is 35.2. The minimum absolute atomic E-state index is 0.0508. The summed E-state index contributed by atoms with van der Waals surface area (Å²) in [6.45, 7) is 0.429. The van der Waals surface area contributed by atoms with E-state index >= 15 is 0 Å². The Morgan fingerprint density at radius 1 is 1.21 bits per heavy atom. The molecule has 3 aromatic rings. The Morgan fingerprint density at radius 3 is 2.71 bits per heavy atom.